The zero-order valence-electron chi connectivity index (χ0n) is 15.9. The van der Waals surface area contributed by atoms with Crippen LogP contribution in [0.1, 0.15) is 21.8 Å². The first-order chi connectivity index (χ1) is 13.6. The summed E-state index contributed by atoms with van der Waals surface area (Å²) in [6.45, 7) is 6.96. The van der Waals surface area contributed by atoms with Gasteiger partial charge in [0, 0.05) is 48.0 Å². The fraction of sp³-hybridized carbons (Fsp3) is 0.286. The maximum absolute atomic E-state index is 12.7. The van der Waals surface area contributed by atoms with Crippen molar-refractivity contribution < 1.29 is 14.1 Å². The first-order valence-corrected chi connectivity index (χ1v) is 9.24. The molecule has 0 spiro atoms. The van der Waals surface area contributed by atoms with Gasteiger partial charge in [-0.3, -0.25) is 9.78 Å². The molecule has 0 unspecified atom stereocenters. The van der Waals surface area contributed by atoms with Crippen LogP contribution in [0.3, 0.4) is 0 Å². The van der Waals surface area contributed by atoms with Crippen molar-refractivity contribution in [2.75, 3.05) is 36.5 Å². The van der Waals surface area contributed by atoms with Crippen LogP contribution in [-0.4, -0.2) is 42.4 Å². The van der Waals surface area contributed by atoms with Gasteiger partial charge in [0.25, 0.3) is 5.91 Å². The van der Waals surface area contributed by atoms with E-state index in [0.717, 1.165) is 54.5 Å². The van der Waals surface area contributed by atoms with Crippen LogP contribution in [0.5, 0.6) is 0 Å². The van der Waals surface area contributed by atoms with E-state index >= 15 is 0 Å². The predicted octanol–water partition coefficient (Wildman–Crippen LogP) is 3.44. The number of pyridine rings is 1. The summed E-state index contributed by atoms with van der Waals surface area (Å²) in [6, 6.07) is 9.65. The Balaban J connectivity index is 1.49. The second kappa shape index (κ2) is 7.82. The molecule has 1 fully saturated rings. The minimum absolute atomic E-state index is 0.208. The largest absolute Gasteiger partial charge is 0.378 e. The van der Waals surface area contributed by atoms with Gasteiger partial charge in [0.1, 0.15) is 5.76 Å². The highest BCUT2D eigenvalue weighted by Gasteiger charge is 2.15. The smallest absolute Gasteiger partial charge is 0.257 e. The van der Waals surface area contributed by atoms with E-state index in [0.29, 0.717) is 11.3 Å². The Morgan fingerprint density at radius 2 is 1.86 bits per heavy atom. The van der Waals surface area contributed by atoms with E-state index in [2.05, 4.69) is 20.4 Å². The topological polar surface area (TPSA) is 80.5 Å². The van der Waals surface area contributed by atoms with Crippen molar-refractivity contribution in [1.29, 1.82) is 0 Å². The molecule has 2 aromatic heterocycles. The number of aromatic nitrogens is 2. The molecule has 3 heterocycles. The van der Waals surface area contributed by atoms with Crippen LogP contribution in [0, 0.1) is 13.8 Å². The number of ether oxygens (including phenoxy) is 1. The minimum atomic E-state index is -0.208. The van der Waals surface area contributed by atoms with E-state index in [1.807, 2.05) is 38.1 Å². The van der Waals surface area contributed by atoms with Crippen molar-refractivity contribution in [2.45, 2.75) is 13.8 Å². The number of hydrogen-bond donors (Lipinski definition) is 1. The SMILES string of the molecule is Cc1noc(C)c1-c1cncc(C(=O)Nc2ccc(N3CCOCC3)cc2)c1. The number of morpholine rings is 1. The minimum Gasteiger partial charge on any atom is -0.378 e. The van der Waals surface area contributed by atoms with Crippen molar-refractivity contribution in [2.24, 2.45) is 0 Å². The normalized spacial score (nSPS) is 14.1. The standard InChI is InChI=1S/C21H22N4O3/c1-14-20(15(2)28-24-14)16-11-17(13-22-12-16)21(26)23-18-3-5-19(6-4-18)25-7-9-27-10-8-25/h3-6,11-13H,7-10H2,1-2H3,(H,23,26). The van der Waals surface area contributed by atoms with Crippen LogP contribution >= 0.6 is 0 Å². The third kappa shape index (κ3) is 3.75. The Bertz CT molecular complexity index is 956. The number of amides is 1. The molecule has 1 aromatic carbocycles. The first kappa shape index (κ1) is 18.2. The molecular weight excluding hydrogens is 356 g/mol. The van der Waals surface area contributed by atoms with E-state index in [4.69, 9.17) is 9.26 Å². The molecule has 1 N–H and O–H groups in total. The Hall–Kier alpha value is -3.19. The summed E-state index contributed by atoms with van der Waals surface area (Å²) >= 11 is 0. The number of benzene rings is 1. The molecule has 0 bridgehead atoms. The molecule has 7 nitrogen and oxygen atoms in total. The second-order valence-corrected chi connectivity index (χ2v) is 6.76. The third-order valence-electron chi connectivity index (χ3n) is 4.82. The van der Waals surface area contributed by atoms with Crippen LogP contribution in [0.15, 0.2) is 47.2 Å². The van der Waals surface area contributed by atoms with Crippen LogP contribution in [0.4, 0.5) is 11.4 Å². The molecule has 0 radical (unpaired) electrons. The number of carbonyl (C=O) groups is 1. The Morgan fingerprint density at radius 1 is 1.11 bits per heavy atom. The molecule has 1 amide bonds. The van der Waals surface area contributed by atoms with E-state index in [1.54, 1.807) is 18.5 Å². The highest BCUT2D eigenvalue weighted by Crippen LogP contribution is 2.27. The molecule has 0 aliphatic carbocycles. The van der Waals surface area contributed by atoms with Gasteiger partial charge in [-0.25, -0.2) is 0 Å². The maximum Gasteiger partial charge on any atom is 0.257 e. The van der Waals surface area contributed by atoms with Crippen LogP contribution in [0.2, 0.25) is 0 Å². The van der Waals surface area contributed by atoms with Gasteiger partial charge in [-0.15, -0.1) is 0 Å². The van der Waals surface area contributed by atoms with Crippen molar-refractivity contribution in [1.82, 2.24) is 10.1 Å². The van der Waals surface area contributed by atoms with Crippen molar-refractivity contribution in [3.8, 4) is 11.1 Å². The summed E-state index contributed by atoms with van der Waals surface area (Å²) in [7, 11) is 0. The first-order valence-electron chi connectivity index (χ1n) is 9.24. The summed E-state index contributed by atoms with van der Waals surface area (Å²) in [4.78, 5) is 19.2. The van der Waals surface area contributed by atoms with Crippen molar-refractivity contribution in [3.63, 3.8) is 0 Å². The van der Waals surface area contributed by atoms with Gasteiger partial charge in [0.05, 0.1) is 24.5 Å². The lowest BCUT2D eigenvalue weighted by atomic mass is 10.0. The Labute approximate surface area is 163 Å². The van der Waals surface area contributed by atoms with Gasteiger partial charge in [0.15, 0.2) is 0 Å². The molecule has 1 saturated heterocycles. The molecule has 1 aliphatic heterocycles. The molecular formula is C21H22N4O3. The monoisotopic (exact) mass is 378 g/mol. The van der Waals surface area contributed by atoms with E-state index < -0.39 is 0 Å². The van der Waals surface area contributed by atoms with E-state index in [-0.39, 0.29) is 5.91 Å². The van der Waals surface area contributed by atoms with Gasteiger partial charge in [-0.1, -0.05) is 5.16 Å². The highest BCUT2D eigenvalue weighted by atomic mass is 16.5. The lowest BCUT2D eigenvalue weighted by molar-refractivity contribution is 0.102. The molecule has 144 valence electrons. The molecule has 3 aromatic rings. The highest BCUT2D eigenvalue weighted by molar-refractivity contribution is 6.04. The van der Waals surface area contributed by atoms with Crippen molar-refractivity contribution >= 4 is 17.3 Å². The lowest BCUT2D eigenvalue weighted by Gasteiger charge is -2.28. The molecule has 1 aliphatic rings. The Morgan fingerprint density at radius 3 is 2.54 bits per heavy atom. The quantitative estimate of drug-likeness (QED) is 0.749. The number of hydrogen-bond acceptors (Lipinski definition) is 6. The number of rotatable bonds is 4. The Kier molecular flexibility index (Phi) is 5.08. The summed E-state index contributed by atoms with van der Waals surface area (Å²) in [6.07, 6.45) is 3.26. The molecule has 7 heteroatoms. The molecule has 28 heavy (non-hydrogen) atoms. The van der Waals surface area contributed by atoms with Crippen LogP contribution < -0.4 is 10.2 Å². The van der Waals surface area contributed by atoms with Gasteiger partial charge >= 0.3 is 0 Å². The summed E-state index contributed by atoms with van der Waals surface area (Å²) in [5.41, 5.74) is 4.81. The average molecular weight is 378 g/mol. The molecule has 0 atom stereocenters. The van der Waals surface area contributed by atoms with Gasteiger partial charge in [-0.05, 0) is 44.2 Å². The van der Waals surface area contributed by atoms with Gasteiger partial charge in [0.2, 0.25) is 0 Å². The summed E-state index contributed by atoms with van der Waals surface area (Å²) in [5, 5.41) is 6.90. The number of nitrogens with one attached hydrogen (secondary N) is 1. The predicted molar refractivity (Wildman–Crippen MR) is 107 cm³/mol. The third-order valence-corrected chi connectivity index (χ3v) is 4.82. The zero-order chi connectivity index (χ0) is 19.5. The fourth-order valence-electron chi connectivity index (χ4n) is 3.38. The zero-order valence-corrected chi connectivity index (χ0v) is 15.9. The number of anilines is 2. The van der Waals surface area contributed by atoms with Gasteiger partial charge in [-0.2, -0.15) is 0 Å². The lowest BCUT2D eigenvalue weighted by Crippen LogP contribution is -2.36. The number of nitrogens with zero attached hydrogens (tertiary/aromatic N) is 3. The number of aryl methyl sites for hydroxylation is 2. The van der Waals surface area contributed by atoms with Crippen LogP contribution in [0.25, 0.3) is 11.1 Å². The van der Waals surface area contributed by atoms with E-state index in [9.17, 15) is 4.79 Å². The second-order valence-electron chi connectivity index (χ2n) is 6.76. The summed E-state index contributed by atoms with van der Waals surface area (Å²) in [5.74, 6) is 0.496. The summed E-state index contributed by atoms with van der Waals surface area (Å²) < 4.78 is 10.6. The average Bonchev–Trinajstić information content (AvgIpc) is 3.07. The van der Waals surface area contributed by atoms with Crippen molar-refractivity contribution in [3.05, 3.63) is 59.7 Å². The van der Waals surface area contributed by atoms with Gasteiger partial charge < -0.3 is 19.5 Å². The maximum atomic E-state index is 12.7. The molecule has 0 saturated carbocycles. The molecule has 4 rings (SSSR count). The fourth-order valence-corrected chi connectivity index (χ4v) is 3.38. The van der Waals surface area contributed by atoms with Crippen LogP contribution in [-0.2, 0) is 4.74 Å². The van der Waals surface area contributed by atoms with E-state index in [1.165, 1.54) is 0 Å². The number of carbonyl (C=O) groups excluding carboxylic acids is 1.